The van der Waals surface area contributed by atoms with Gasteiger partial charge in [0, 0.05) is 31.3 Å². The Morgan fingerprint density at radius 3 is 2.57 bits per heavy atom. The third-order valence-corrected chi connectivity index (χ3v) is 5.80. The van der Waals surface area contributed by atoms with Crippen LogP contribution in [0, 0.1) is 11.8 Å². The summed E-state index contributed by atoms with van der Waals surface area (Å²) in [5.41, 5.74) is -0.925. The number of hydrogen-bond donors (Lipinski definition) is 2. The van der Waals surface area contributed by atoms with Gasteiger partial charge in [-0.2, -0.15) is 0 Å². The summed E-state index contributed by atoms with van der Waals surface area (Å²) in [6.45, 7) is 12.4. The lowest BCUT2D eigenvalue weighted by molar-refractivity contribution is -0.193. The lowest BCUT2D eigenvalue weighted by atomic mass is 9.75. The van der Waals surface area contributed by atoms with Crippen LogP contribution in [0.15, 0.2) is 24.3 Å². The molecule has 7 heteroatoms. The summed E-state index contributed by atoms with van der Waals surface area (Å²) in [4.78, 5) is 23.1. The zero-order valence-electron chi connectivity index (χ0n) is 17.3. The van der Waals surface area contributed by atoms with Gasteiger partial charge >= 0.3 is 5.97 Å². The second-order valence-electron chi connectivity index (χ2n) is 7.87. The van der Waals surface area contributed by atoms with E-state index >= 15 is 0 Å². The number of carbonyl (C=O) groups excluding carboxylic acids is 2. The van der Waals surface area contributed by atoms with Gasteiger partial charge in [0.2, 0.25) is 5.79 Å². The number of aliphatic hydroxyl groups is 2. The molecule has 0 amide bonds. The van der Waals surface area contributed by atoms with Crippen molar-refractivity contribution in [1.29, 1.82) is 0 Å². The van der Waals surface area contributed by atoms with Crippen molar-refractivity contribution in [3.8, 4) is 0 Å². The molecule has 28 heavy (non-hydrogen) atoms. The van der Waals surface area contributed by atoms with Crippen molar-refractivity contribution in [3.05, 3.63) is 24.3 Å². The molecule has 7 atom stereocenters. The third-order valence-electron chi connectivity index (χ3n) is 5.80. The highest BCUT2D eigenvalue weighted by Gasteiger charge is 2.73. The number of carbonyl (C=O) groups is 2. The summed E-state index contributed by atoms with van der Waals surface area (Å²) >= 11 is 0. The normalized spacial score (nSPS) is 36.5. The lowest BCUT2D eigenvalue weighted by Crippen LogP contribution is -2.57. The molecule has 0 aromatic heterocycles. The predicted octanol–water partition coefficient (Wildman–Crippen LogP) is 1.91. The Kier molecular flexibility index (Phi) is 6.86. The van der Waals surface area contributed by atoms with Gasteiger partial charge in [-0.15, -0.1) is 0 Å². The van der Waals surface area contributed by atoms with Gasteiger partial charge in [-0.05, 0) is 13.8 Å². The largest absolute Gasteiger partial charge is 0.465 e. The number of ether oxygens (including phenoxy) is 3. The van der Waals surface area contributed by atoms with Crippen molar-refractivity contribution in [1.82, 2.24) is 0 Å². The van der Waals surface area contributed by atoms with Gasteiger partial charge in [-0.1, -0.05) is 32.6 Å². The van der Waals surface area contributed by atoms with Crippen LogP contribution >= 0.6 is 0 Å². The van der Waals surface area contributed by atoms with Gasteiger partial charge < -0.3 is 24.4 Å². The number of ketones is 1. The Bertz CT molecular complexity index is 657. The van der Waals surface area contributed by atoms with Crippen LogP contribution in [0.1, 0.15) is 47.5 Å². The SMILES string of the molecule is C=C(C(O)CC(=O)CC)[C@@]12O[C@H]([C@@H](C)/C=C\C)[C@](C)(O1)C(O)C2COC(C)=O. The van der Waals surface area contributed by atoms with Gasteiger partial charge in [0.25, 0.3) is 0 Å². The molecule has 2 fully saturated rings. The fourth-order valence-corrected chi connectivity index (χ4v) is 4.25. The summed E-state index contributed by atoms with van der Waals surface area (Å²) in [7, 11) is 0. The summed E-state index contributed by atoms with van der Waals surface area (Å²) < 4.78 is 17.6. The van der Waals surface area contributed by atoms with Crippen LogP contribution in [0.2, 0.25) is 0 Å². The van der Waals surface area contributed by atoms with Crippen LogP contribution in [0.4, 0.5) is 0 Å². The van der Waals surface area contributed by atoms with E-state index in [2.05, 4.69) is 6.58 Å². The summed E-state index contributed by atoms with van der Waals surface area (Å²) in [5, 5.41) is 21.7. The first-order valence-electron chi connectivity index (χ1n) is 9.74. The average molecular weight is 396 g/mol. The molecule has 2 heterocycles. The van der Waals surface area contributed by atoms with E-state index in [1.807, 2.05) is 26.0 Å². The van der Waals surface area contributed by atoms with Crippen molar-refractivity contribution in [2.45, 2.75) is 77.2 Å². The fourth-order valence-electron chi connectivity index (χ4n) is 4.25. The van der Waals surface area contributed by atoms with E-state index in [1.165, 1.54) is 6.92 Å². The van der Waals surface area contributed by atoms with E-state index in [9.17, 15) is 19.8 Å². The molecule has 2 N–H and O–H groups in total. The molecule has 7 nitrogen and oxygen atoms in total. The standard InChI is InChI=1S/C21H32O7/c1-7-9-12(3)19-20(6)18(25)16(11-26-14(5)22)21(27-19,28-20)13(4)17(24)10-15(23)8-2/h7,9,12,16-19,24-25H,4,8,10-11H2,1-3,5-6H3/b9-7-/t12-,16?,17?,18?,19+,20+,21+/m0/s1. The number of rotatable bonds is 9. The van der Waals surface area contributed by atoms with Gasteiger partial charge in [-0.25, -0.2) is 0 Å². The minimum atomic E-state index is -1.54. The highest BCUT2D eigenvalue weighted by atomic mass is 16.8. The van der Waals surface area contributed by atoms with Crippen LogP contribution in [0.5, 0.6) is 0 Å². The first-order chi connectivity index (χ1) is 13.0. The summed E-state index contributed by atoms with van der Waals surface area (Å²) in [6, 6.07) is 0. The van der Waals surface area contributed by atoms with E-state index in [4.69, 9.17) is 14.2 Å². The van der Waals surface area contributed by atoms with Crippen molar-refractivity contribution in [2.75, 3.05) is 6.61 Å². The molecule has 0 saturated carbocycles. The number of allylic oxidation sites excluding steroid dienone is 1. The zero-order valence-corrected chi connectivity index (χ0v) is 17.3. The van der Waals surface area contributed by atoms with E-state index in [0.29, 0.717) is 0 Å². The molecule has 2 saturated heterocycles. The topological polar surface area (TPSA) is 102 Å². The summed E-state index contributed by atoms with van der Waals surface area (Å²) in [5.74, 6) is -3.02. The van der Waals surface area contributed by atoms with Gasteiger partial charge in [0.15, 0.2) is 0 Å². The minimum absolute atomic E-state index is 0.0802. The molecule has 0 aromatic rings. The average Bonchev–Trinajstić information content (AvgIpc) is 3.06. The molecule has 2 bridgehead atoms. The maximum Gasteiger partial charge on any atom is 0.302 e. The molecular weight excluding hydrogens is 364 g/mol. The number of hydrogen-bond acceptors (Lipinski definition) is 7. The smallest absolute Gasteiger partial charge is 0.302 e. The monoisotopic (exact) mass is 396 g/mol. The van der Waals surface area contributed by atoms with E-state index < -0.39 is 41.6 Å². The molecule has 0 radical (unpaired) electrons. The van der Waals surface area contributed by atoms with Crippen LogP contribution in [0.3, 0.4) is 0 Å². The molecule has 0 aliphatic carbocycles. The second-order valence-corrected chi connectivity index (χ2v) is 7.87. The Hall–Kier alpha value is -1.54. The second kappa shape index (κ2) is 8.45. The Morgan fingerprint density at radius 1 is 1.39 bits per heavy atom. The Labute approximate surface area is 166 Å². The predicted molar refractivity (Wildman–Crippen MR) is 102 cm³/mol. The summed E-state index contributed by atoms with van der Waals surface area (Å²) in [6.07, 6.45) is 1.30. The highest BCUT2D eigenvalue weighted by molar-refractivity contribution is 5.79. The van der Waals surface area contributed by atoms with E-state index in [0.717, 1.165) is 0 Å². The van der Waals surface area contributed by atoms with E-state index in [1.54, 1.807) is 13.8 Å². The van der Waals surface area contributed by atoms with Crippen molar-refractivity contribution in [2.24, 2.45) is 11.8 Å². The van der Waals surface area contributed by atoms with Gasteiger partial charge in [-0.3, -0.25) is 9.59 Å². The molecule has 0 spiro atoms. The number of esters is 1. The lowest BCUT2D eigenvalue weighted by Gasteiger charge is -2.42. The van der Waals surface area contributed by atoms with Crippen LogP contribution in [0.25, 0.3) is 0 Å². The minimum Gasteiger partial charge on any atom is -0.465 e. The molecular formula is C21H32O7. The van der Waals surface area contributed by atoms with Crippen molar-refractivity contribution in [3.63, 3.8) is 0 Å². The molecule has 2 aliphatic heterocycles. The number of fused-ring (bicyclic) bond motifs is 2. The highest BCUT2D eigenvalue weighted by Crippen LogP contribution is 2.58. The van der Waals surface area contributed by atoms with Gasteiger partial charge in [0.1, 0.15) is 18.0 Å². The third kappa shape index (κ3) is 3.81. The van der Waals surface area contributed by atoms with Crippen LogP contribution < -0.4 is 0 Å². The first kappa shape index (κ1) is 22.7. The number of aliphatic hydroxyl groups excluding tert-OH is 2. The fraction of sp³-hybridized carbons (Fsp3) is 0.714. The van der Waals surface area contributed by atoms with E-state index in [-0.39, 0.29) is 36.7 Å². The molecule has 0 aromatic carbocycles. The maximum absolute atomic E-state index is 11.8. The molecule has 2 rings (SSSR count). The number of Topliss-reactive ketones (excluding diaryl/α,β-unsaturated/α-hetero) is 1. The Morgan fingerprint density at radius 2 is 2.04 bits per heavy atom. The molecule has 158 valence electrons. The first-order valence-corrected chi connectivity index (χ1v) is 9.74. The van der Waals surface area contributed by atoms with Gasteiger partial charge in [0.05, 0.1) is 24.2 Å². The zero-order chi connectivity index (χ0) is 21.3. The van der Waals surface area contributed by atoms with Crippen molar-refractivity contribution < 1.29 is 34.0 Å². The van der Waals surface area contributed by atoms with Crippen LogP contribution in [-0.4, -0.2) is 58.3 Å². The molecule has 2 aliphatic rings. The maximum atomic E-state index is 11.8. The van der Waals surface area contributed by atoms with Crippen LogP contribution in [-0.2, 0) is 23.8 Å². The van der Waals surface area contributed by atoms with Crippen molar-refractivity contribution >= 4 is 11.8 Å². The Balaban J connectivity index is 2.40. The molecule has 3 unspecified atom stereocenters. The quantitative estimate of drug-likeness (QED) is 0.453.